The second kappa shape index (κ2) is 5.61. The van der Waals surface area contributed by atoms with Crippen molar-refractivity contribution in [3.05, 3.63) is 35.6 Å². The molecule has 1 aromatic carbocycles. The van der Waals surface area contributed by atoms with Crippen molar-refractivity contribution in [1.29, 1.82) is 0 Å². The Morgan fingerprint density at radius 3 is 2.76 bits per heavy atom. The molecule has 1 unspecified atom stereocenters. The summed E-state index contributed by atoms with van der Waals surface area (Å²) in [6, 6.07) is -2.34. The molecular weight excluding hydrogens is 241 g/mol. The lowest BCUT2D eigenvalue weighted by atomic mass is 9.75. The number of rotatable bonds is 2. The van der Waals surface area contributed by atoms with Crippen molar-refractivity contribution in [2.24, 2.45) is 0 Å². The summed E-state index contributed by atoms with van der Waals surface area (Å²) < 4.78 is 45.0. The van der Waals surface area contributed by atoms with Gasteiger partial charge < -0.3 is 5.32 Å². The van der Waals surface area contributed by atoms with Crippen molar-refractivity contribution in [1.82, 2.24) is 5.32 Å². The van der Waals surface area contributed by atoms with E-state index in [2.05, 4.69) is 5.32 Å². The average molecular weight is 262 g/mol. The number of halogens is 2. The van der Waals surface area contributed by atoms with Crippen LogP contribution in [-0.2, 0) is 10.3 Å². The molecule has 1 aromatic rings. The zero-order valence-electron chi connectivity index (χ0n) is 13.5. The van der Waals surface area contributed by atoms with Crippen molar-refractivity contribution < 1.29 is 14.7 Å². The van der Waals surface area contributed by atoms with Crippen molar-refractivity contribution in [3.8, 4) is 0 Å². The molecule has 1 saturated carbocycles. The SMILES string of the molecule is Cl.[2H]c1c([2H])c([2H])c(C2(NC)CCCCC2=O)c(F)c1[2H]. The van der Waals surface area contributed by atoms with Gasteiger partial charge >= 0.3 is 0 Å². The quantitative estimate of drug-likeness (QED) is 0.887. The molecular formula is C13H17ClFNO. The Morgan fingerprint density at radius 1 is 1.41 bits per heavy atom. The molecule has 1 aliphatic carbocycles. The van der Waals surface area contributed by atoms with E-state index in [1.54, 1.807) is 0 Å². The van der Waals surface area contributed by atoms with Crippen LogP contribution in [0.4, 0.5) is 4.39 Å². The number of nitrogens with one attached hydrogen (secondary N) is 1. The van der Waals surface area contributed by atoms with Crippen LogP contribution in [-0.4, -0.2) is 12.8 Å². The number of hydrogen-bond acceptors (Lipinski definition) is 2. The Labute approximate surface area is 113 Å². The molecule has 0 amide bonds. The van der Waals surface area contributed by atoms with Gasteiger partial charge in [0, 0.05) is 12.0 Å². The maximum Gasteiger partial charge on any atom is 0.157 e. The van der Waals surface area contributed by atoms with Gasteiger partial charge in [0.1, 0.15) is 11.4 Å². The third-order valence-electron chi connectivity index (χ3n) is 3.18. The normalized spacial score (nSPS) is 27.5. The topological polar surface area (TPSA) is 29.1 Å². The number of carbonyl (C=O) groups excluding carboxylic acids is 1. The van der Waals surface area contributed by atoms with Crippen LogP contribution >= 0.6 is 12.4 Å². The summed E-state index contributed by atoms with van der Waals surface area (Å²) in [5.41, 5.74) is -1.60. The van der Waals surface area contributed by atoms with Crippen molar-refractivity contribution in [2.45, 2.75) is 31.2 Å². The number of ketones is 1. The lowest BCUT2D eigenvalue weighted by Crippen LogP contribution is -2.49. The zero-order valence-corrected chi connectivity index (χ0v) is 10.3. The Morgan fingerprint density at radius 2 is 2.12 bits per heavy atom. The fraction of sp³-hybridized carbons (Fsp3) is 0.462. The molecule has 2 nitrogen and oxygen atoms in total. The molecule has 4 heteroatoms. The fourth-order valence-electron chi connectivity index (χ4n) is 2.27. The van der Waals surface area contributed by atoms with Gasteiger partial charge in [0.15, 0.2) is 5.78 Å². The summed E-state index contributed by atoms with van der Waals surface area (Å²) in [7, 11) is 1.52. The minimum Gasteiger partial charge on any atom is -0.304 e. The lowest BCUT2D eigenvalue weighted by Gasteiger charge is -2.36. The van der Waals surface area contributed by atoms with Crippen LogP contribution in [0.1, 0.15) is 36.7 Å². The number of carbonyl (C=O) groups is 1. The fourth-order valence-corrected chi connectivity index (χ4v) is 2.27. The first-order valence-electron chi connectivity index (χ1n) is 7.35. The summed E-state index contributed by atoms with van der Waals surface area (Å²) in [6.45, 7) is 0. The van der Waals surface area contributed by atoms with E-state index in [9.17, 15) is 9.18 Å². The maximum atomic E-state index is 14.4. The largest absolute Gasteiger partial charge is 0.304 e. The molecule has 1 N–H and O–H groups in total. The van der Waals surface area contributed by atoms with Crippen LogP contribution in [0, 0.1) is 5.82 Å². The summed E-state index contributed by atoms with van der Waals surface area (Å²) in [6.07, 6.45) is 2.04. The number of benzene rings is 1. The monoisotopic (exact) mass is 261 g/mol. The van der Waals surface area contributed by atoms with Crippen LogP contribution in [0.25, 0.3) is 0 Å². The first-order chi connectivity index (χ1) is 9.36. The second-order valence-corrected chi connectivity index (χ2v) is 3.97. The third-order valence-corrected chi connectivity index (χ3v) is 3.18. The summed E-state index contributed by atoms with van der Waals surface area (Å²) in [5.74, 6) is -1.27. The molecule has 0 spiro atoms. The van der Waals surface area contributed by atoms with Crippen molar-refractivity contribution >= 4 is 18.2 Å². The van der Waals surface area contributed by atoms with Gasteiger partial charge in [0.25, 0.3) is 0 Å². The van der Waals surface area contributed by atoms with Crippen LogP contribution in [0.5, 0.6) is 0 Å². The van der Waals surface area contributed by atoms with E-state index in [1.165, 1.54) is 7.05 Å². The third kappa shape index (κ3) is 2.35. The van der Waals surface area contributed by atoms with Crippen LogP contribution in [0.2, 0.25) is 0 Å². The first kappa shape index (κ1) is 9.06. The molecule has 0 heterocycles. The molecule has 17 heavy (non-hydrogen) atoms. The molecule has 2 rings (SSSR count). The highest BCUT2D eigenvalue weighted by Gasteiger charge is 2.41. The van der Waals surface area contributed by atoms with Gasteiger partial charge in [-0.25, -0.2) is 4.39 Å². The zero-order chi connectivity index (χ0) is 15.1. The molecule has 94 valence electrons. The van der Waals surface area contributed by atoms with E-state index < -0.39 is 35.5 Å². The standard InChI is InChI=1S/C13H16FNO.ClH/c1-15-13(9-5-4-8-12(13)16)10-6-2-3-7-11(10)14;/h2-3,6-7,15H,4-5,8-9H2,1H3;1H/i2D,3D,6D,7D;. The number of Topliss-reactive ketones (excluding diaryl/α,β-unsaturated/α-hetero) is 1. The molecule has 1 fully saturated rings. The Bertz CT molecular complexity index is 555. The summed E-state index contributed by atoms with van der Waals surface area (Å²) >= 11 is 0. The average Bonchev–Trinajstić information content (AvgIpc) is 2.45. The van der Waals surface area contributed by atoms with E-state index in [-0.39, 0.29) is 30.2 Å². The maximum absolute atomic E-state index is 14.4. The highest BCUT2D eigenvalue weighted by Crippen LogP contribution is 2.35. The van der Waals surface area contributed by atoms with Gasteiger partial charge in [0.2, 0.25) is 0 Å². The second-order valence-electron chi connectivity index (χ2n) is 3.97. The van der Waals surface area contributed by atoms with E-state index in [0.29, 0.717) is 12.8 Å². The minimum absolute atomic E-state index is 0. The molecule has 1 aliphatic rings. The highest BCUT2D eigenvalue weighted by molar-refractivity contribution is 5.90. The predicted molar refractivity (Wildman–Crippen MR) is 67.9 cm³/mol. The summed E-state index contributed by atoms with van der Waals surface area (Å²) in [4.78, 5) is 12.3. The van der Waals surface area contributed by atoms with Gasteiger partial charge in [-0.2, -0.15) is 0 Å². The predicted octanol–water partition coefficient (Wildman–Crippen LogP) is 2.81. The van der Waals surface area contributed by atoms with Crippen molar-refractivity contribution in [3.63, 3.8) is 0 Å². The van der Waals surface area contributed by atoms with Gasteiger partial charge in [-0.1, -0.05) is 24.5 Å². The Hall–Kier alpha value is -0.930. The van der Waals surface area contributed by atoms with E-state index in [0.717, 1.165) is 6.42 Å². The number of likely N-dealkylation sites (N-methyl/N-ethyl adjacent to an activating group) is 1. The molecule has 0 bridgehead atoms. The smallest absolute Gasteiger partial charge is 0.157 e. The van der Waals surface area contributed by atoms with Crippen LogP contribution in [0.15, 0.2) is 24.2 Å². The molecule has 0 radical (unpaired) electrons. The molecule has 0 aliphatic heterocycles. The minimum atomic E-state index is -1.35. The lowest BCUT2D eigenvalue weighted by molar-refractivity contribution is -0.127. The highest BCUT2D eigenvalue weighted by atomic mass is 35.5. The summed E-state index contributed by atoms with van der Waals surface area (Å²) in [5, 5.41) is 2.80. The van der Waals surface area contributed by atoms with Gasteiger partial charge in [-0.05, 0) is 25.9 Å². The van der Waals surface area contributed by atoms with E-state index in [4.69, 9.17) is 5.48 Å². The van der Waals surface area contributed by atoms with Crippen LogP contribution < -0.4 is 5.32 Å². The van der Waals surface area contributed by atoms with Crippen LogP contribution in [0.3, 0.4) is 0 Å². The van der Waals surface area contributed by atoms with Gasteiger partial charge in [0.05, 0.1) is 5.48 Å². The van der Waals surface area contributed by atoms with E-state index >= 15 is 0 Å². The first-order valence-corrected chi connectivity index (χ1v) is 5.35. The Balaban J connectivity index is 0.00000220. The molecule has 1 atom stereocenters. The molecule has 0 aromatic heterocycles. The van der Waals surface area contributed by atoms with Gasteiger partial charge in [-0.3, -0.25) is 4.79 Å². The van der Waals surface area contributed by atoms with E-state index in [1.807, 2.05) is 0 Å². The van der Waals surface area contributed by atoms with Crippen molar-refractivity contribution in [2.75, 3.05) is 7.05 Å². The molecule has 0 saturated heterocycles. The Kier molecular flexibility index (Phi) is 2.99. The van der Waals surface area contributed by atoms with Gasteiger partial charge in [-0.15, -0.1) is 12.4 Å². The number of hydrogen-bond donors (Lipinski definition) is 1.